The van der Waals surface area contributed by atoms with E-state index in [1.165, 1.54) is 0 Å². The first-order valence-electron chi connectivity index (χ1n) is 1.08. The van der Waals surface area contributed by atoms with Gasteiger partial charge in [0.15, 0.2) is 0 Å². The molecule has 0 saturated heterocycles. The van der Waals surface area contributed by atoms with E-state index in [4.69, 9.17) is 0 Å². The maximum absolute atomic E-state index is 9.85. The monoisotopic (exact) mass is 306 g/mol. The summed E-state index contributed by atoms with van der Waals surface area (Å²) in [5, 5.41) is 0. The average molecular weight is 306 g/mol. The molecule has 0 aromatic heterocycles. The molecule has 0 spiro atoms. The van der Waals surface area contributed by atoms with E-state index in [-0.39, 0.29) is 3.79 Å². The third-order valence-corrected chi connectivity index (χ3v) is 0.685. The summed E-state index contributed by atoms with van der Waals surface area (Å²) in [4.78, 5) is 9.85. The van der Waals surface area contributed by atoms with Crippen LogP contribution in [0, 0.1) is 9.85 Å². The molecule has 3 heteroatoms. The lowest BCUT2D eigenvalue weighted by atomic mass is 10.8. The van der Waals surface area contributed by atoms with Gasteiger partial charge in [0.1, 0.15) is 0 Å². The Morgan fingerprint density at radius 2 is 2.17 bits per heavy atom. The maximum Gasteiger partial charge on any atom is 0.265 e. The molecule has 0 unspecified atom stereocenters. The van der Waals surface area contributed by atoms with E-state index in [0.717, 1.165) is 0 Å². The highest BCUT2D eigenvalue weighted by atomic mass is 127. The second-order valence-electron chi connectivity index (χ2n) is 0.493. The van der Waals surface area contributed by atoms with Crippen LogP contribution in [-0.2, 0) is 4.79 Å². The molecule has 0 aliphatic heterocycles. The third-order valence-electron chi connectivity index (χ3n) is 0.146. The lowest BCUT2D eigenvalue weighted by Gasteiger charge is -1.57. The normalized spacial score (nSPS) is 5.67. The Kier molecular flexibility index (Phi) is 4.31. The van der Waals surface area contributed by atoms with Crippen molar-refractivity contribution in [1.82, 2.24) is 0 Å². The first-order valence-corrected chi connectivity index (χ1v) is 3.24. The van der Waals surface area contributed by atoms with Crippen LogP contribution in [0.5, 0.6) is 0 Å². The lowest BCUT2D eigenvalue weighted by Crippen LogP contribution is -1.69. The largest absolute Gasteiger partial charge is 0.273 e. The highest BCUT2D eigenvalue weighted by Crippen LogP contribution is 1.81. The molecule has 0 heterocycles. The highest BCUT2D eigenvalue weighted by molar-refractivity contribution is 14.1. The molecule has 0 aliphatic rings. The Hall–Kier alpha value is 0.690. The molecule has 0 fully saturated rings. The molecule has 0 radical (unpaired) electrons. The standard InChI is InChI=1S/C3I2O/c4-2-1-3(5)6. The van der Waals surface area contributed by atoms with Crippen LogP contribution >= 0.6 is 45.2 Å². The van der Waals surface area contributed by atoms with E-state index in [2.05, 4.69) is 9.85 Å². The second kappa shape index (κ2) is 3.87. The first-order chi connectivity index (χ1) is 2.77. The fraction of sp³-hybridized carbons (Fsp3) is 0. The van der Waals surface area contributed by atoms with Crippen molar-refractivity contribution < 1.29 is 4.79 Å². The van der Waals surface area contributed by atoms with Gasteiger partial charge in [0, 0.05) is 45.2 Å². The summed E-state index contributed by atoms with van der Waals surface area (Å²) in [5.74, 6) is 2.29. The third kappa shape index (κ3) is 4.69. The zero-order valence-electron chi connectivity index (χ0n) is 2.66. The number of rotatable bonds is 0. The molecule has 0 rings (SSSR count). The van der Waals surface area contributed by atoms with Crippen LogP contribution in [-0.4, -0.2) is 3.79 Å². The van der Waals surface area contributed by atoms with Crippen LogP contribution in [0.2, 0.25) is 0 Å². The summed E-state index contributed by atoms with van der Waals surface area (Å²) in [6.07, 6.45) is 0. The van der Waals surface area contributed by atoms with Crippen molar-refractivity contribution in [1.29, 1.82) is 0 Å². The van der Waals surface area contributed by atoms with Gasteiger partial charge in [0.05, 0.1) is 0 Å². The fourth-order valence-corrected chi connectivity index (χ4v) is 0.933. The van der Waals surface area contributed by atoms with Gasteiger partial charge in [-0.05, 0) is 9.85 Å². The summed E-state index contributed by atoms with van der Waals surface area (Å²) < 4.78 is 2.32. The summed E-state index contributed by atoms with van der Waals surface area (Å²) in [6.45, 7) is 0. The molecular weight excluding hydrogens is 306 g/mol. The van der Waals surface area contributed by atoms with E-state index in [9.17, 15) is 4.79 Å². The summed E-state index contributed by atoms with van der Waals surface area (Å²) in [6, 6.07) is 0. The summed E-state index contributed by atoms with van der Waals surface area (Å²) in [7, 11) is 0. The highest BCUT2D eigenvalue weighted by Gasteiger charge is 1.76. The zero-order valence-corrected chi connectivity index (χ0v) is 6.98. The minimum absolute atomic E-state index is 0.109. The van der Waals surface area contributed by atoms with Gasteiger partial charge < -0.3 is 0 Å². The molecule has 0 aromatic carbocycles. The minimum Gasteiger partial charge on any atom is -0.273 e. The lowest BCUT2D eigenvalue weighted by molar-refractivity contribution is -0.104. The van der Waals surface area contributed by atoms with Gasteiger partial charge in [-0.3, -0.25) is 4.79 Å². The van der Waals surface area contributed by atoms with Crippen molar-refractivity contribution in [2.24, 2.45) is 0 Å². The molecule has 0 N–H and O–H groups in total. The van der Waals surface area contributed by atoms with Gasteiger partial charge in [-0.2, -0.15) is 0 Å². The molecule has 0 saturated carbocycles. The number of hydrogen-bond acceptors (Lipinski definition) is 1. The van der Waals surface area contributed by atoms with Gasteiger partial charge in [0.25, 0.3) is 3.79 Å². The average Bonchev–Trinajstić information content (AvgIpc) is 1.35. The SMILES string of the molecule is O=C(I)C#CI. The molecule has 0 atom stereocenters. The van der Waals surface area contributed by atoms with Gasteiger partial charge >= 0.3 is 0 Å². The molecule has 32 valence electrons. The Morgan fingerprint density at radius 3 is 2.17 bits per heavy atom. The number of halogens is 2. The van der Waals surface area contributed by atoms with E-state index in [1.54, 1.807) is 22.6 Å². The topological polar surface area (TPSA) is 17.1 Å². The summed E-state index contributed by atoms with van der Waals surface area (Å²) in [5.41, 5.74) is 0. The minimum atomic E-state index is -0.109. The van der Waals surface area contributed by atoms with Crippen LogP contribution in [0.25, 0.3) is 0 Å². The molecular formula is C3I2O. The Bertz CT molecular complexity index is 108. The van der Waals surface area contributed by atoms with Gasteiger partial charge in [-0.25, -0.2) is 0 Å². The van der Waals surface area contributed by atoms with E-state index in [1.807, 2.05) is 22.6 Å². The van der Waals surface area contributed by atoms with Gasteiger partial charge in [0.2, 0.25) is 0 Å². The number of hydrogen-bond donors (Lipinski definition) is 0. The van der Waals surface area contributed by atoms with E-state index < -0.39 is 0 Å². The molecule has 0 aliphatic carbocycles. The molecule has 0 aromatic rings. The quantitative estimate of drug-likeness (QED) is 0.375. The van der Waals surface area contributed by atoms with Crippen molar-refractivity contribution >= 4 is 49.0 Å². The van der Waals surface area contributed by atoms with Crippen molar-refractivity contribution in [2.45, 2.75) is 0 Å². The van der Waals surface area contributed by atoms with E-state index >= 15 is 0 Å². The van der Waals surface area contributed by atoms with Crippen LogP contribution in [0.3, 0.4) is 0 Å². The van der Waals surface area contributed by atoms with Crippen molar-refractivity contribution in [3.05, 3.63) is 0 Å². The second-order valence-corrected chi connectivity index (χ2v) is 2.01. The van der Waals surface area contributed by atoms with Gasteiger partial charge in [-0.1, -0.05) is 0 Å². The Labute approximate surface area is 63.2 Å². The van der Waals surface area contributed by atoms with Crippen LogP contribution in [0.4, 0.5) is 0 Å². The first kappa shape index (κ1) is 6.69. The Balaban J connectivity index is 3.50. The smallest absolute Gasteiger partial charge is 0.265 e. The van der Waals surface area contributed by atoms with Crippen molar-refractivity contribution in [2.75, 3.05) is 0 Å². The van der Waals surface area contributed by atoms with Crippen LogP contribution < -0.4 is 0 Å². The zero-order chi connectivity index (χ0) is 4.99. The van der Waals surface area contributed by atoms with Crippen molar-refractivity contribution in [3.8, 4) is 9.85 Å². The maximum atomic E-state index is 9.85. The van der Waals surface area contributed by atoms with Crippen LogP contribution in [0.15, 0.2) is 0 Å². The molecule has 0 bridgehead atoms. The van der Waals surface area contributed by atoms with E-state index in [0.29, 0.717) is 0 Å². The van der Waals surface area contributed by atoms with Gasteiger partial charge in [-0.15, -0.1) is 0 Å². The molecule has 1 nitrogen and oxygen atoms in total. The Morgan fingerprint density at radius 1 is 1.67 bits per heavy atom. The molecule has 6 heavy (non-hydrogen) atoms. The number of carbonyl (C=O) groups excluding carboxylic acids is 1. The fourth-order valence-electron chi connectivity index (χ4n) is 0.0371. The van der Waals surface area contributed by atoms with Crippen LogP contribution in [0.1, 0.15) is 0 Å². The summed E-state index contributed by atoms with van der Waals surface area (Å²) >= 11 is 3.44. The predicted molar refractivity (Wildman–Crippen MR) is 40.8 cm³/mol. The predicted octanol–water partition coefficient (Wildman–Crippen LogP) is 1.34. The van der Waals surface area contributed by atoms with Crippen molar-refractivity contribution in [3.63, 3.8) is 0 Å². The molecule has 0 amide bonds. The number of carbonyl (C=O) groups is 1.